The second-order valence-electron chi connectivity index (χ2n) is 7.65. The number of benzene rings is 2. The molecule has 1 unspecified atom stereocenters. The van der Waals surface area contributed by atoms with Crippen LogP contribution in [0, 0.1) is 0 Å². The lowest BCUT2D eigenvalue weighted by atomic mass is 9.89. The molecule has 33 heavy (non-hydrogen) atoms. The molecule has 1 aliphatic rings. The van der Waals surface area contributed by atoms with E-state index in [0.717, 1.165) is 11.6 Å². The molecule has 0 fully saturated rings. The highest BCUT2D eigenvalue weighted by atomic mass is 19.4. The largest absolute Gasteiger partial charge is 0.493 e. The molecular formula is C23H22F3N3O4. The van der Waals surface area contributed by atoms with E-state index in [4.69, 9.17) is 14.6 Å². The number of nitrogens with zero attached hydrogens (tertiary/aromatic N) is 1. The van der Waals surface area contributed by atoms with Gasteiger partial charge in [-0.25, -0.2) is 0 Å². The predicted molar refractivity (Wildman–Crippen MR) is 113 cm³/mol. The number of hydrogen-bond donors (Lipinski definition) is 3. The summed E-state index contributed by atoms with van der Waals surface area (Å²) >= 11 is 0. The molecule has 0 aliphatic carbocycles. The van der Waals surface area contributed by atoms with Gasteiger partial charge in [-0.2, -0.15) is 18.3 Å². The standard InChI is InChI=1S/C23H22F3N3O4/c1-32-20-9-14(16-10-21(31)28-18-11-27-29-22(16)18)4-5-19(20)33-12-15-3-2-13(6-7-30)8-17(15)23(24,25)26/h2-5,8-9,11,16,30H,6-7,10,12H2,1H3,(H,27,29)(H,28,31). The lowest BCUT2D eigenvalue weighted by Crippen LogP contribution is -2.23. The Balaban J connectivity index is 1.58. The second-order valence-corrected chi connectivity index (χ2v) is 7.65. The van der Waals surface area contributed by atoms with Gasteiger partial charge in [0.2, 0.25) is 5.91 Å². The third kappa shape index (κ3) is 4.80. The molecule has 0 bridgehead atoms. The van der Waals surface area contributed by atoms with Crippen molar-refractivity contribution in [3.05, 3.63) is 70.5 Å². The van der Waals surface area contributed by atoms with Gasteiger partial charge in [0, 0.05) is 30.7 Å². The highest BCUT2D eigenvalue weighted by Gasteiger charge is 2.34. The number of hydrogen-bond acceptors (Lipinski definition) is 5. The Labute approximate surface area is 187 Å². The van der Waals surface area contributed by atoms with Crippen LogP contribution in [0.2, 0.25) is 0 Å². The Kier molecular flexibility index (Phi) is 6.28. The van der Waals surface area contributed by atoms with Crippen LogP contribution in [-0.4, -0.2) is 34.9 Å². The van der Waals surface area contributed by atoms with Gasteiger partial charge in [-0.05, 0) is 35.7 Å². The Hall–Kier alpha value is -3.53. The molecular weight excluding hydrogens is 439 g/mol. The molecule has 3 aromatic rings. The van der Waals surface area contributed by atoms with Crippen LogP contribution in [0.1, 0.15) is 40.3 Å². The van der Waals surface area contributed by atoms with E-state index in [-0.39, 0.29) is 49.2 Å². The number of halogens is 3. The maximum Gasteiger partial charge on any atom is 0.416 e. The lowest BCUT2D eigenvalue weighted by Gasteiger charge is -2.22. The number of nitrogens with one attached hydrogen (secondary N) is 2. The molecule has 7 nitrogen and oxygen atoms in total. The smallest absolute Gasteiger partial charge is 0.416 e. The number of carbonyl (C=O) groups is 1. The van der Waals surface area contributed by atoms with Crippen molar-refractivity contribution in [3.63, 3.8) is 0 Å². The summed E-state index contributed by atoms with van der Waals surface area (Å²) in [4.78, 5) is 12.1. The molecule has 0 spiro atoms. The van der Waals surface area contributed by atoms with Crippen molar-refractivity contribution in [3.8, 4) is 11.5 Å². The number of alkyl halides is 3. The SMILES string of the molecule is COc1cc(C2CC(=O)Nc3c[nH]nc32)ccc1OCc1ccc(CCO)cc1C(F)(F)F. The van der Waals surface area contributed by atoms with Crippen LogP contribution in [0.15, 0.2) is 42.6 Å². The van der Waals surface area contributed by atoms with Crippen LogP contribution >= 0.6 is 0 Å². The van der Waals surface area contributed by atoms with Crippen LogP contribution in [0.3, 0.4) is 0 Å². The molecule has 0 saturated heterocycles. The molecule has 4 rings (SSSR count). The van der Waals surface area contributed by atoms with Gasteiger partial charge in [-0.3, -0.25) is 9.89 Å². The number of anilines is 1. The van der Waals surface area contributed by atoms with Crippen LogP contribution in [0.4, 0.5) is 18.9 Å². The minimum atomic E-state index is -4.55. The summed E-state index contributed by atoms with van der Waals surface area (Å²) in [5.74, 6) is 0.175. The van der Waals surface area contributed by atoms with Crippen molar-refractivity contribution in [2.45, 2.75) is 31.5 Å². The molecule has 0 saturated carbocycles. The van der Waals surface area contributed by atoms with Gasteiger partial charge in [0.25, 0.3) is 0 Å². The maximum absolute atomic E-state index is 13.5. The third-order valence-electron chi connectivity index (χ3n) is 5.52. The van der Waals surface area contributed by atoms with E-state index in [1.807, 2.05) is 0 Å². The lowest BCUT2D eigenvalue weighted by molar-refractivity contribution is -0.138. The summed E-state index contributed by atoms with van der Waals surface area (Å²) < 4.78 is 51.7. The van der Waals surface area contributed by atoms with E-state index >= 15 is 0 Å². The van der Waals surface area contributed by atoms with Crippen LogP contribution in [0.25, 0.3) is 0 Å². The predicted octanol–water partition coefficient (Wildman–Crippen LogP) is 4.03. The van der Waals surface area contributed by atoms with Crippen molar-refractivity contribution in [2.24, 2.45) is 0 Å². The first kappa shape index (κ1) is 22.7. The molecule has 1 aliphatic heterocycles. The minimum Gasteiger partial charge on any atom is -0.493 e. The summed E-state index contributed by atoms with van der Waals surface area (Å²) in [6.45, 7) is -0.557. The van der Waals surface area contributed by atoms with Gasteiger partial charge in [0.1, 0.15) is 6.61 Å². The van der Waals surface area contributed by atoms with Gasteiger partial charge < -0.3 is 19.9 Å². The minimum absolute atomic E-state index is 0.0274. The summed E-state index contributed by atoms with van der Waals surface area (Å²) in [6, 6.07) is 8.99. The number of carbonyl (C=O) groups excluding carboxylic acids is 1. The fourth-order valence-electron chi connectivity index (χ4n) is 3.90. The van der Waals surface area contributed by atoms with E-state index in [0.29, 0.717) is 22.7 Å². The maximum atomic E-state index is 13.5. The molecule has 10 heteroatoms. The van der Waals surface area contributed by atoms with Gasteiger partial charge in [0.15, 0.2) is 11.5 Å². The molecule has 1 aromatic heterocycles. The Bertz CT molecular complexity index is 1160. The fourth-order valence-corrected chi connectivity index (χ4v) is 3.90. The van der Waals surface area contributed by atoms with Crippen LogP contribution in [0.5, 0.6) is 11.5 Å². The summed E-state index contributed by atoms with van der Waals surface area (Å²) in [6.07, 6.45) is -2.61. The number of fused-ring (bicyclic) bond motifs is 1. The number of ether oxygens (including phenoxy) is 2. The quantitative estimate of drug-likeness (QED) is 0.494. The number of rotatable bonds is 7. The average Bonchev–Trinajstić information content (AvgIpc) is 3.25. The van der Waals surface area contributed by atoms with Gasteiger partial charge in [-0.1, -0.05) is 18.2 Å². The Morgan fingerprint density at radius 1 is 1.18 bits per heavy atom. The zero-order valence-corrected chi connectivity index (χ0v) is 17.7. The molecule has 0 radical (unpaired) electrons. The van der Waals surface area contributed by atoms with Gasteiger partial charge >= 0.3 is 6.18 Å². The molecule has 1 amide bonds. The zero-order valence-electron chi connectivity index (χ0n) is 17.7. The molecule has 2 heterocycles. The third-order valence-corrected chi connectivity index (χ3v) is 5.52. The molecule has 3 N–H and O–H groups in total. The normalized spacial score (nSPS) is 15.7. The highest BCUT2D eigenvalue weighted by molar-refractivity contribution is 5.94. The number of aliphatic hydroxyl groups is 1. The second kappa shape index (κ2) is 9.14. The van der Waals surface area contributed by atoms with E-state index in [1.54, 1.807) is 30.5 Å². The number of amides is 1. The number of aliphatic hydroxyl groups excluding tert-OH is 1. The van der Waals surface area contributed by atoms with Crippen LogP contribution in [-0.2, 0) is 24.0 Å². The van der Waals surface area contributed by atoms with Crippen molar-refractivity contribution in [2.75, 3.05) is 19.0 Å². The number of aromatic nitrogens is 2. The van der Waals surface area contributed by atoms with E-state index < -0.39 is 11.7 Å². The topological polar surface area (TPSA) is 96.5 Å². The highest BCUT2D eigenvalue weighted by Crippen LogP contribution is 2.39. The van der Waals surface area contributed by atoms with E-state index in [2.05, 4.69) is 15.5 Å². The zero-order chi connectivity index (χ0) is 23.6. The Morgan fingerprint density at radius 2 is 2.00 bits per heavy atom. The fraction of sp³-hybridized carbons (Fsp3) is 0.304. The van der Waals surface area contributed by atoms with Crippen molar-refractivity contribution in [1.29, 1.82) is 0 Å². The molecule has 1 atom stereocenters. The van der Waals surface area contributed by atoms with Crippen molar-refractivity contribution < 1.29 is 32.5 Å². The van der Waals surface area contributed by atoms with E-state index in [1.165, 1.54) is 13.2 Å². The monoisotopic (exact) mass is 461 g/mol. The summed E-state index contributed by atoms with van der Waals surface area (Å²) in [5, 5.41) is 18.7. The Morgan fingerprint density at radius 3 is 2.73 bits per heavy atom. The number of H-pyrrole nitrogens is 1. The number of methoxy groups -OCH3 is 1. The first-order valence-electron chi connectivity index (χ1n) is 10.2. The van der Waals surface area contributed by atoms with Gasteiger partial charge in [0.05, 0.1) is 24.1 Å². The summed E-state index contributed by atoms with van der Waals surface area (Å²) in [5.41, 5.74) is 1.64. The average molecular weight is 461 g/mol. The van der Waals surface area contributed by atoms with Crippen LogP contribution < -0.4 is 14.8 Å². The molecule has 174 valence electrons. The van der Waals surface area contributed by atoms with Crippen molar-refractivity contribution >= 4 is 11.6 Å². The van der Waals surface area contributed by atoms with Gasteiger partial charge in [-0.15, -0.1) is 0 Å². The van der Waals surface area contributed by atoms with Crippen molar-refractivity contribution in [1.82, 2.24) is 10.2 Å². The first-order chi connectivity index (χ1) is 15.8. The molecule has 2 aromatic carbocycles. The number of aromatic amines is 1. The first-order valence-corrected chi connectivity index (χ1v) is 10.2. The van der Waals surface area contributed by atoms with E-state index in [9.17, 15) is 18.0 Å². The summed E-state index contributed by atoms with van der Waals surface area (Å²) in [7, 11) is 1.43.